The third-order valence-electron chi connectivity index (χ3n) is 3.71. The average molecular weight is 279 g/mol. The Bertz CT molecular complexity index is 749. The fourth-order valence-electron chi connectivity index (χ4n) is 2.75. The van der Waals surface area contributed by atoms with E-state index in [0.717, 1.165) is 30.8 Å². The number of hydrogen-bond donors (Lipinski definition) is 0. The van der Waals surface area contributed by atoms with Crippen LogP contribution in [0.1, 0.15) is 17.5 Å². The summed E-state index contributed by atoms with van der Waals surface area (Å²) in [5.74, 6) is 0. The van der Waals surface area contributed by atoms with Gasteiger partial charge in [0.05, 0.1) is 16.2 Å². The summed E-state index contributed by atoms with van der Waals surface area (Å²) in [6, 6.07) is 14.6. The third-order valence-corrected chi connectivity index (χ3v) is 3.71. The van der Waals surface area contributed by atoms with E-state index in [1.165, 1.54) is 17.7 Å². The number of benzene rings is 2. The van der Waals surface area contributed by atoms with Gasteiger partial charge in [-0.2, -0.15) is 5.26 Å². The van der Waals surface area contributed by atoms with Gasteiger partial charge in [0.25, 0.3) is 5.69 Å². The van der Waals surface area contributed by atoms with Gasteiger partial charge in [0.15, 0.2) is 0 Å². The van der Waals surface area contributed by atoms with Crippen LogP contribution in [0.25, 0.3) is 0 Å². The minimum atomic E-state index is -0.477. The minimum Gasteiger partial charge on any atom is -0.340 e. The molecule has 0 spiro atoms. The monoisotopic (exact) mass is 279 g/mol. The zero-order valence-corrected chi connectivity index (χ0v) is 11.3. The van der Waals surface area contributed by atoms with Gasteiger partial charge in [-0.25, -0.2) is 0 Å². The van der Waals surface area contributed by atoms with E-state index in [0.29, 0.717) is 5.56 Å². The SMILES string of the molecule is N#Cc1cc([N+](=O)[O-])ccc1N1CCCc2ccccc21. The van der Waals surface area contributed by atoms with Crippen LogP contribution in [0.4, 0.5) is 17.1 Å². The van der Waals surface area contributed by atoms with Crippen molar-refractivity contribution in [3.05, 3.63) is 63.7 Å². The molecule has 5 heteroatoms. The molecule has 21 heavy (non-hydrogen) atoms. The van der Waals surface area contributed by atoms with Gasteiger partial charge < -0.3 is 4.90 Å². The molecule has 3 rings (SSSR count). The van der Waals surface area contributed by atoms with E-state index in [1.54, 1.807) is 6.07 Å². The molecule has 1 aliphatic rings. The van der Waals surface area contributed by atoms with Crippen LogP contribution in [-0.4, -0.2) is 11.5 Å². The standard InChI is InChI=1S/C16H13N3O2/c17-11-13-10-14(19(20)21)7-8-16(13)18-9-3-5-12-4-1-2-6-15(12)18/h1-2,4,6-8,10H,3,5,9H2. The van der Waals surface area contributed by atoms with Crippen LogP contribution in [0.5, 0.6) is 0 Å². The van der Waals surface area contributed by atoms with Crippen molar-refractivity contribution in [1.29, 1.82) is 5.26 Å². The van der Waals surface area contributed by atoms with Crippen LogP contribution >= 0.6 is 0 Å². The van der Waals surface area contributed by atoms with Crippen LogP contribution in [-0.2, 0) is 6.42 Å². The van der Waals surface area contributed by atoms with Gasteiger partial charge in [0.1, 0.15) is 6.07 Å². The van der Waals surface area contributed by atoms with Crippen LogP contribution in [0.2, 0.25) is 0 Å². The quantitative estimate of drug-likeness (QED) is 0.622. The second-order valence-electron chi connectivity index (χ2n) is 4.95. The van der Waals surface area contributed by atoms with E-state index in [9.17, 15) is 15.4 Å². The summed E-state index contributed by atoms with van der Waals surface area (Å²) in [5, 5.41) is 20.1. The summed E-state index contributed by atoms with van der Waals surface area (Å²) >= 11 is 0. The first-order valence-corrected chi connectivity index (χ1v) is 6.74. The van der Waals surface area contributed by atoms with Crippen molar-refractivity contribution in [3.63, 3.8) is 0 Å². The number of fused-ring (bicyclic) bond motifs is 1. The lowest BCUT2D eigenvalue weighted by Gasteiger charge is -2.31. The van der Waals surface area contributed by atoms with Crippen molar-refractivity contribution in [2.75, 3.05) is 11.4 Å². The lowest BCUT2D eigenvalue weighted by molar-refractivity contribution is -0.384. The number of rotatable bonds is 2. The molecule has 0 atom stereocenters. The second-order valence-corrected chi connectivity index (χ2v) is 4.95. The Labute approximate surface area is 122 Å². The van der Waals surface area contributed by atoms with Gasteiger partial charge in [0, 0.05) is 24.4 Å². The molecule has 0 radical (unpaired) electrons. The summed E-state index contributed by atoms with van der Waals surface area (Å²) in [6.45, 7) is 0.809. The van der Waals surface area contributed by atoms with Crippen molar-refractivity contribution in [2.45, 2.75) is 12.8 Å². The summed E-state index contributed by atoms with van der Waals surface area (Å²) < 4.78 is 0. The van der Waals surface area contributed by atoms with Gasteiger partial charge in [0.2, 0.25) is 0 Å². The largest absolute Gasteiger partial charge is 0.340 e. The first-order chi connectivity index (χ1) is 10.2. The second kappa shape index (κ2) is 5.25. The first-order valence-electron chi connectivity index (χ1n) is 6.74. The molecule has 0 fully saturated rings. The topological polar surface area (TPSA) is 70.2 Å². The molecule has 0 aliphatic carbocycles. The van der Waals surface area contributed by atoms with Crippen LogP contribution in [0.15, 0.2) is 42.5 Å². The number of aryl methyl sites for hydroxylation is 1. The molecule has 0 N–H and O–H groups in total. The molecule has 2 aromatic rings. The van der Waals surface area contributed by atoms with Crippen molar-refractivity contribution in [3.8, 4) is 6.07 Å². The summed E-state index contributed by atoms with van der Waals surface area (Å²) in [6.07, 6.45) is 2.01. The molecule has 1 aliphatic heterocycles. The number of nitro groups is 1. The van der Waals surface area contributed by atoms with E-state index in [1.807, 2.05) is 18.2 Å². The highest BCUT2D eigenvalue weighted by Crippen LogP contribution is 2.36. The predicted octanol–water partition coefficient (Wildman–Crippen LogP) is 3.55. The first kappa shape index (κ1) is 13.1. The summed E-state index contributed by atoms with van der Waals surface area (Å²) in [5.41, 5.74) is 3.33. The fraction of sp³-hybridized carbons (Fsp3) is 0.188. The van der Waals surface area contributed by atoms with Crippen LogP contribution in [0, 0.1) is 21.4 Å². The maximum atomic E-state index is 10.8. The van der Waals surface area contributed by atoms with E-state index in [-0.39, 0.29) is 5.69 Å². The molecule has 5 nitrogen and oxygen atoms in total. The van der Waals surface area contributed by atoms with Crippen LogP contribution in [0.3, 0.4) is 0 Å². The molecular formula is C16H13N3O2. The van der Waals surface area contributed by atoms with Crippen molar-refractivity contribution >= 4 is 17.1 Å². The Balaban J connectivity index is 2.10. The Morgan fingerprint density at radius 3 is 2.76 bits per heavy atom. The maximum Gasteiger partial charge on any atom is 0.270 e. The van der Waals surface area contributed by atoms with Crippen LogP contribution < -0.4 is 4.90 Å². The van der Waals surface area contributed by atoms with E-state index in [2.05, 4.69) is 17.0 Å². The number of nitriles is 1. The Hall–Kier alpha value is -2.87. The van der Waals surface area contributed by atoms with Gasteiger partial charge >= 0.3 is 0 Å². The lowest BCUT2D eigenvalue weighted by atomic mass is 10.00. The van der Waals surface area contributed by atoms with Crippen molar-refractivity contribution < 1.29 is 4.92 Å². The molecule has 0 unspecified atom stereocenters. The number of nitro benzene ring substituents is 1. The highest BCUT2D eigenvalue weighted by Gasteiger charge is 2.21. The number of hydrogen-bond acceptors (Lipinski definition) is 4. The molecule has 0 aromatic heterocycles. The lowest BCUT2D eigenvalue weighted by Crippen LogP contribution is -2.25. The zero-order chi connectivity index (χ0) is 14.8. The van der Waals surface area contributed by atoms with Gasteiger partial charge in [-0.05, 0) is 30.5 Å². The normalized spacial score (nSPS) is 13.4. The molecule has 104 valence electrons. The van der Waals surface area contributed by atoms with Gasteiger partial charge in [-0.3, -0.25) is 10.1 Å². The predicted molar refractivity (Wildman–Crippen MR) is 79.6 cm³/mol. The fourth-order valence-corrected chi connectivity index (χ4v) is 2.75. The number of nitrogens with zero attached hydrogens (tertiary/aromatic N) is 3. The smallest absolute Gasteiger partial charge is 0.270 e. The molecule has 0 saturated heterocycles. The number of para-hydroxylation sites is 1. The highest BCUT2D eigenvalue weighted by molar-refractivity contribution is 5.73. The Morgan fingerprint density at radius 2 is 2.00 bits per heavy atom. The molecule has 0 bridgehead atoms. The highest BCUT2D eigenvalue weighted by atomic mass is 16.6. The molecule has 0 saturated carbocycles. The zero-order valence-electron chi connectivity index (χ0n) is 11.3. The van der Waals surface area contributed by atoms with Gasteiger partial charge in [-0.1, -0.05) is 18.2 Å². The minimum absolute atomic E-state index is 0.0550. The third kappa shape index (κ3) is 2.32. The molecule has 1 heterocycles. The Kier molecular flexibility index (Phi) is 3.28. The molecule has 0 amide bonds. The average Bonchev–Trinajstić information content (AvgIpc) is 2.53. The van der Waals surface area contributed by atoms with E-state index in [4.69, 9.17) is 0 Å². The number of anilines is 2. The summed E-state index contributed by atoms with van der Waals surface area (Å²) in [7, 11) is 0. The molecule has 2 aromatic carbocycles. The summed E-state index contributed by atoms with van der Waals surface area (Å²) in [4.78, 5) is 12.4. The number of non-ortho nitro benzene ring substituents is 1. The van der Waals surface area contributed by atoms with E-state index >= 15 is 0 Å². The van der Waals surface area contributed by atoms with E-state index < -0.39 is 4.92 Å². The molecular weight excluding hydrogens is 266 g/mol. The maximum absolute atomic E-state index is 10.8. The Morgan fingerprint density at radius 1 is 1.19 bits per heavy atom. The van der Waals surface area contributed by atoms with Crippen molar-refractivity contribution in [1.82, 2.24) is 0 Å². The van der Waals surface area contributed by atoms with Gasteiger partial charge in [-0.15, -0.1) is 0 Å². The van der Waals surface area contributed by atoms with Crippen molar-refractivity contribution in [2.24, 2.45) is 0 Å².